The summed E-state index contributed by atoms with van der Waals surface area (Å²) in [4.78, 5) is 18.0. The van der Waals surface area contributed by atoms with Gasteiger partial charge in [0.05, 0.1) is 0 Å². The molecule has 0 bridgehead atoms. The van der Waals surface area contributed by atoms with Gasteiger partial charge >= 0.3 is 0 Å². The minimum atomic E-state index is -0.833. The first-order valence-corrected chi connectivity index (χ1v) is 1.86. The number of carboxylic acids is 2. The normalized spacial score (nSPS) is 5.00. The van der Waals surface area contributed by atoms with Crippen molar-refractivity contribution in [2.45, 2.75) is 13.8 Å². The van der Waals surface area contributed by atoms with E-state index in [2.05, 4.69) is 0 Å². The number of aliphatic carboxylic acids is 2. The fraction of sp³-hybridized carbons (Fsp3) is 0.500. The van der Waals surface area contributed by atoms with Crippen LogP contribution in [-0.4, -0.2) is 27.6 Å². The van der Waals surface area contributed by atoms with Crippen molar-refractivity contribution in [3.05, 3.63) is 0 Å². The first kappa shape index (κ1) is 22.7. The second-order valence-electron chi connectivity index (χ2n) is 1.04. The molecule has 0 aromatic rings. The van der Waals surface area contributed by atoms with E-state index in [4.69, 9.17) is 19.8 Å². The fourth-order valence-electron chi connectivity index (χ4n) is 0. The zero-order valence-corrected chi connectivity index (χ0v) is 7.05. The van der Waals surface area contributed by atoms with Crippen molar-refractivity contribution in [1.82, 2.24) is 0 Å². The predicted octanol–water partition coefficient (Wildman–Crippen LogP) is -0.645. The van der Waals surface area contributed by atoms with E-state index in [1.54, 1.807) is 0 Å². The topological polar surface area (TPSA) is 106 Å². The van der Waals surface area contributed by atoms with Gasteiger partial charge in [0, 0.05) is 32.4 Å². The van der Waals surface area contributed by atoms with Crippen LogP contribution in [0, 0.1) is 0 Å². The SMILES string of the molecule is CC(=O)O.CC(=O)O.O.[V]. The first-order chi connectivity index (χ1) is 3.46. The molecule has 0 heterocycles. The molecule has 0 amide bonds. The first-order valence-electron chi connectivity index (χ1n) is 1.86. The maximum atomic E-state index is 9.00. The Morgan fingerprint density at radius 2 is 1.00 bits per heavy atom. The second kappa shape index (κ2) is 15.8. The predicted molar refractivity (Wildman–Crippen MR) is 30.2 cm³/mol. The molecule has 61 valence electrons. The van der Waals surface area contributed by atoms with Crippen molar-refractivity contribution >= 4 is 11.9 Å². The van der Waals surface area contributed by atoms with Gasteiger partial charge in [-0.2, -0.15) is 0 Å². The van der Waals surface area contributed by atoms with Gasteiger partial charge in [-0.1, -0.05) is 0 Å². The molecule has 0 aliphatic heterocycles. The standard InChI is InChI=1S/2C2H4O2.H2O.V/c2*1-2(3)4;;/h2*1H3,(H,3,4);1H2;. The van der Waals surface area contributed by atoms with E-state index in [0.717, 1.165) is 13.8 Å². The molecule has 0 saturated heterocycles. The molecule has 0 atom stereocenters. The minimum Gasteiger partial charge on any atom is -0.481 e. The number of rotatable bonds is 0. The van der Waals surface area contributed by atoms with E-state index in [0.29, 0.717) is 0 Å². The van der Waals surface area contributed by atoms with Gasteiger partial charge in [-0.05, 0) is 0 Å². The molecule has 5 nitrogen and oxygen atoms in total. The Labute approximate surface area is 70.2 Å². The van der Waals surface area contributed by atoms with Crippen molar-refractivity contribution in [1.29, 1.82) is 0 Å². The van der Waals surface area contributed by atoms with Crippen LogP contribution in [0.25, 0.3) is 0 Å². The van der Waals surface area contributed by atoms with Gasteiger partial charge in [-0.25, -0.2) is 0 Å². The average molecular weight is 189 g/mol. The maximum absolute atomic E-state index is 9.00. The second-order valence-corrected chi connectivity index (χ2v) is 1.04. The summed E-state index contributed by atoms with van der Waals surface area (Å²) in [6.07, 6.45) is 0. The van der Waals surface area contributed by atoms with Crippen LogP contribution in [0.3, 0.4) is 0 Å². The Balaban J connectivity index is -0.0000000300. The van der Waals surface area contributed by atoms with Gasteiger partial charge in [0.2, 0.25) is 0 Å². The van der Waals surface area contributed by atoms with Crippen LogP contribution in [0.4, 0.5) is 0 Å². The molecule has 6 heteroatoms. The minimum absolute atomic E-state index is 0. The number of hydrogen-bond acceptors (Lipinski definition) is 2. The van der Waals surface area contributed by atoms with E-state index in [-0.39, 0.29) is 24.0 Å². The molecule has 1 radical (unpaired) electrons. The molecule has 0 unspecified atom stereocenters. The molecule has 0 spiro atoms. The molecule has 0 aromatic carbocycles. The quantitative estimate of drug-likeness (QED) is 0.528. The van der Waals surface area contributed by atoms with Crippen LogP contribution in [0.15, 0.2) is 0 Å². The number of carbonyl (C=O) groups is 2. The largest absolute Gasteiger partial charge is 0.481 e. The molecule has 0 rings (SSSR count). The summed E-state index contributed by atoms with van der Waals surface area (Å²) in [7, 11) is 0. The zero-order valence-electron chi connectivity index (χ0n) is 5.66. The maximum Gasteiger partial charge on any atom is 0.300 e. The third kappa shape index (κ3) is 1180. The smallest absolute Gasteiger partial charge is 0.300 e. The molecule has 10 heavy (non-hydrogen) atoms. The molecule has 0 aliphatic carbocycles. The van der Waals surface area contributed by atoms with Gasteiger partial charge < -0.3 is 15.7 Å². The van der Waals surface area contributed by atoms with Crippen LogP contribution in [0.5, 0.6) is 0 Å². The van der Waals surface area contributed by atoms with Crippen LogP contribution >= 0.6 is 0 Å². The Morgan fingerprint density at radius 1 is 1.00 bits per heavy atom. The molecular weight excluding hydrogens is 179 g/mol. The van der Waals surface area contributed by atoms with Crippen molar-refractivity contribution in [2.75, 3.05) is 0 Å². The zero-order chi connectivity index (χ0) is 7.15. The monoisotopic (exact) mass is 189 g/mol. The summed E-state index contributed by atoms with van der Waals surface area (Å²) in [5.41, 5.74) is 0. The molecule has 0 aliphatic rings. The molecule has 4 N–H and O–H groups in total. The van der Waals surface area contributed by atoms with Crippen LogP contribution < -0.4 is 0 Å². The Morgan fingerprint density at radius 3 is 1.00 bits per heavy atom. The van der Waals surface area contributed by atoms with Gasteiger partial charge in [0.1, 0.15) is 0 Å². The molecule has 0 aromatic heterocycles. The van der Waals surface area contributed by atoms with Crippen molar-refractivity contribution in [2.24, 2.45) is 0 Å². The van der Waals surface area contributed by atoms with Crippen molar-refractivity contribution in [3.63, 3.8) is 0 Å². The number of carboxylic acid groups (broad SMARTS) is 2. The van der Waals surface area contributed by atoms with Crippen LogP contribution in [0.1, 0.15) is 13.8 Å². The average Bonchev–Trinajstić information content (AvgIpc) is 1.25. The van der Waals surface area contributed by atoms with Gasteiger partial charge in [0.15, 0.2) is 0 Å². The van der Waals surface area contributed by atoms with E-state index in [1.165, 1.54) is 0 Å². The van der Waals surface area contributed by atoms with Crippen LogP contribution in [0.2, 0.25) is 0 Å². The summed E-state index contributed by atoms with van der Waals surface area (Å²) < 4.78 is 0. The van der Waals surface area contributed by atoms with Crippen LogP contribution in [-0.2, 0) is 28.1 Å². The van der Waals surface area contributed by atoms with Gasteiger partial charge in [-0.15, -0.1) is 0 Å². The summed E-state index contributed by atoms with van der Waals surface area (Å²) in [6.45, 7) is 2.17. The van der Waals surface area contributed by atoms with E-state index >= 15 is 0 Å². The third-order valence-corrected chi connectivity index (χ3v) is 0. The summed E-state index contributed by atoms with van der Waals surface area (Å²) in [5, 5.41) is 14.8. The third-order valence-electron chi connectivity index (χ3n) is 0. The summed E-state index contributed by atoms with van der Waals surface area (Å²) in [5.74, 6) is -1.67. The molecule has 0 fully saturated rings. The molecular formula is C4H10O5V. The van der Waals surface area contributed by atoms with Crippen molar-refractivity contribution < 1.29 is 43.8 Å². The van der Waals surface area contributed by atoms with Gasteiger partial charge in [0.25, 0.3) is 11.9 Å². The Hall–Kier alpha value is -0.516. The summed E-state index contributed by atoms with van der Waals surface area (Å²) >= 11 is 0. The Bertz CT molecular complexity index is 71.6. The van der Waals surface area contributed by atoms with E-state index in [9.17, 15) is 0 Å². The van der Waals surface area contributed by atoms with Crippen molar-refractivity contribution in [3.8, 4) is 0 Å². The summed E-state index contributed by atoms with van der Waals surface area (Å²) in [6, 6.07) is 0. The Kier molecular flexibility index (Phi) is 35.9. The van der Waals surface area contributed by atoms with E-state index in [1.807, 2.05) is 0 Å². The fourth-order valence-corrected chi connectivity index (χ4v) is 0. The molecule has 0 saturated carbocycles. The number of hydrogen-bond donors (Lipinski definition) is 2. The van der Waals surface area contributed by atoms with E-state index < -0.39 is 11.9 Å². The van der Waals surface area contributed by atoms with Gasteiger partial charge in [-0.3, -0.25) is 9.59 Å².